The molecule has 1 N–H and O–H groups in total. The Morgan fingerprint density at radius 1 is 1.18 bits per heavy atom. The lowest BCUT2D eigenvalue weighted by Gasteiger charge is -2.16. The van der Waals surface area contributed by atoms with Gasteiger partial charge >= 0.3 is 0 Å². The largest absolute Gasteiger partial charge is 0.491 e. The summed E-state index contributed by atoms with van der Waals surface area (Å²) in [6.07, 6.45) is 2.63. The first kappa shape index (κ1) is 19.8. The quantitative estimate of drug-likeness (QED) is 0.679. The van der Waals surface area contributed by atoms with Gasteiger partial charge in [-0.2, -0.15) is 10.1 Å². The van der Waals surface area contributed by atoms with E-state index in [2.05, 4.69) is 20.4 Å². The fraction of sp³-hybridized carbons (Fsp3) is 0.429. The van der Waals surface area contributed by atoms with E-state index < -0.39 is 0 Å². The van der Waals surface area contributed by atoms with Gasteiger partial charge in [0.1, 0.15) is 12.1 Å². The molecule has 0 aliphatic carbocycles. The summed E-state index contributed by atoms with van der Waals surface area (Å²) < 4.78 is 7.37. The zero-order valence-electron chi connectivity index (χ0n) is 17.1. The van der Waals surface area contributed by atoms with Gasteiger partial charge in [-0.15, -0.1) is 0 Å². The van der Waals surface area contributed by atoms with E-state index in [1.54, 1.807) is 4.52 Å². The molecule has 1 amide bonds. The molecule has 0 saturated carbocycles. The number of hydrogen-bond donors (Lipinski definition) is 1. The summed E-state index contributed by atoms with van der Waals surface area (Å²) in [7, 11) is 0. The Labute approximate surface area is 165 Å². The third-order valence-corrected chi connectivity index (χ3v) is 4.72. The third-order valence-electron chi connectivity index (χ3n) is 4.72. The second-order valence-electron chi connectivity index (χ2n) is 7.26. The van der Waals surface area contributed by atoms with Crippen molar-refractivity contribution in [2.45, 2.75) is 59.6 Å². The maximum absolute atomic E-state index is 12.5. The molecule has 0 spiro atoms. The monoisotopic (exact) mass is 381 g/mol. The Kier molecular flexibility index (Phi) is 5.92. The van der Waals surface area contributed by atoms with Gasteiger partial charge in [0.25, 0.3) is 5.78 Å². The zero-order chi connectivity index (χ0) is 20.3. The molecule has 0 aliphatic heterocycles. The van der Waals surface area contributed by atoms with Crippen LogP contribution < -0.4 is 10.1 Å². The molecule has 28 heavy (non-hydrogen) atoms. The molecule has 1 atom stereocenters. The number of aryl methyl sites for hydroxylation is 2. The summed E-state index contributed by atoms with van der Waals surface area (Å²) in [6, 6.07) is 7.77. The summed E-state index contributed by atoms with van der Waals surface area (Å²) in [6.45, 7) is 9.90. The predicted octanol–water partition coefficient (Wildman–Crippen LogP) is 3.34. The van der Waals surface area contributed by atoms with Crippen molar-refractivity contribution < 1.29 is 9.53 Å². The average molecular weight is 381 g/mol. The van der Waals surface area contributed by atoms with Crippen molar-refractivity contribution in [2.24, 2.45) is 0 Å². The van der Waals surface area contributed by atoms with Crippen LogP contribution in [0.3, 0.4) is 0 Å². The topological polar surface area (TPSA) is 81.4 Å². The van der Waals surface area contributed by atoms with Gasteiger partial charge in [0.05, 0.1) is 12.1 Å². The fourth-order valence-electron chi connectivity index (χ4n) is 3.26. The minimum absolute atomic E-state index is 0.00694. The number of hydrogen-bond acceptors (Lipinski definition) is 5. The molecule has 7 heteroatoms. The summed E-state index contributed by atoms with van der Waals surface area (Å²) in [4.78, 5) is 21.0. The van der Waals surface area contributed by atoms with E-state index in [1.807, 2.05) is 58.9 Å². The zero-order valence-corrected chi connectivity index (χ0v) is 17.1. The SMILES string of the molecule is Cc1nc2ncnn2c(C)c1CCC(=O)NC(C)c1ccc(OC(C)C)cc1. The van der Waals surface area contributed by atoms with Crippen LogP contribution in [-0.2, 0) is 11.2 Å². The van der Waals surface area contributed by atoms with Gasteiger partial charge in [-0.25, -0.2) is 9.50 Å². The number of rotatable bonds is 7. The molecular formula is C21H27N5O2. The molecule has 0 saturated heterocycles. The number of ether oxygens (including phenoxy) is 1. The molecule has 0 bridgehead atoms. The molecule has 2 aromatic heterocycles. The maximum atomic E-state index is 12.5. The Balaban J connectivity index is 1.60. The van der Waals surface area contributed by atoms with Crippen molar-refractivity contribution >= 4 is 11.7 Å². The molecule has 1 aromatic carbocycles. The summed E-state index contributed by atoms with van der Waals surface area (Å²) >= 11 is 0. The molecule has 3 rings (SSSR count). The van der Waals surface area contributed by atoms with Crippen LogP contribution in [0, 0.1) is 13.8 Å². The molecule has 0 aliphatic rings. The van der Waals surface area contributed by atoms with Crippen LogP contribution in [0.4, 0.5) is 0 Å². The number of aromatic nitrogens is 4. The van der Waals surface area contributed by atoms with Crippen molar-refractivity contribution in [1.82, 2.24) is 24.9 Å². The molecule has 3 aromatic rings. The van der Waals surface area contributed by atoms with Crippen LogP contribution >= 0.6 is 0 Å². The molecule has 1 unspecified atom stereocenters. The number of nitrogens with one attached hydrogen (secondary N) is 1. The van der Waals surface area contributed by atoms with Crippen LogP contribution in [0.1, 0.15) is 55.7 Å². The Bertz CT molecular complexity index is 963. The predicted molar refractivity (Wildman–Crippen MR) is 107 cm³/mol. The first-order valence-electron chi connectivity index (χ1n) is 9.57. The number of benzene rings is 1. The van der Waals surface area contributed by atoms with Crippen molar-refractivity contribution in [3.63, 3.8) is 0 Å². The number of carbonyl (C=O) groups excluding carboxylic acids is 1. The third kappa shape index (κ3) is 4.47. The molecular weight excluding hydrogens is 354 g/mol. The van der Waals surface area contributed by atoms with Gasteiger partial charge in [0.2, 0.25) is 5.91 Å². The second kappa shape index (κ2) is 8.37. The summed E-state index contributed by atoms with van der Waals surface area (Å²) in [5.41, 5.74) is 3.94. The molecule has 2 heterocycles. The van der Waals surface area contributed by atoms with Gasteiger partial charge in [-0.05, 0) is 64.3 Å². The van der Waals surface area contributed by atoms with E-state index in [-0.39, 0.29) is 18.1 Å². The van der Waals surface area contributed by atoms with Crippen molar-refractivity contribution in [2.75, 3.05) is 0 Å². The number of amides is 1. The minimum Gasteiger partial charge on any atom is -0.491 e. The van der Waals surface area contributed by atoms with Crippen molar-refractivity contribution in [3.8, 4) is 5.75 Å². The highest BCUT2D eigenvalue weighted by Gasteiger charge is 2.14. The fourth-order valence-corrected chi connectivity index (χ4v) is 3.26. The van der Waals surface area contributed by atoms with Gasteiger partial charge in [0.15, 0.2) is 0 Å². The van der Waals surface area contributed by atoms with E-state index in [1.165, 1.54) is 6.33 Å². The van der Waals surface area contributed by atoms with Crippen LogP contribution in [0.5, 0.6) is 5.75 Å². The van der Waals surface area contributed by atoms with Crippen molar-refractivity contribution in [1.29, 1.82) is 0 Å². The lowest BCUT2D eigenvalue weighted by Crippen LogP contribution is -2.27. The van der Waals surface area contributed by atoms with Gasteiger partial charge in [0, 0.05) is 17.8 Å². The molecule has 7 nitrogen and oxygen atoms in total. The van der Waals surface area contributed by atoms with Crippen LogP contribution in [0.25, 0.3) is 5.78 Å². The first-order chi connectivity index (χ1) is 13.3. The van der Waals surface area contributed by atoms with Crippen LogP contribution in [0.2, 0.25) is 0 Å². The standard InChI is InChI=1S/C21H27N5O2/c1-13(2)28-18-8-6-17(7-9-18)14(3)24-20(27)11-10-19-15(4)25-21-22-12-23-26(21)16(19)5/h6-9,12-14H,10-11H2,1-5H3,(H,24,27). The molecule has 0 fully saturated rings. The Hall–Kier alpha value is -2.96. The highest BCUT2D eigenvalue weighted by molar-refractivity contribution is 5.76. The van der Waals surface area contributed by atoms with E-state index >= 15 is 0 Å². The van der Waals surface area contributed by atoms with Crippen LogP contribution in [0.15, 0.2) is 30.6 Å². The lowest BCUT2D eigenvalue weighted by atomic mass is 10.1. The minimum atomic E-state index is -0.0706. The van der Waals surface area contributed by atoms with Gasteiger partial charge in [-0.3, -0.25) is 4.79 Å². The van der Waals surface area contributed by atoms with Crippen molar-refractivity contribution in [3.05, 3.63) is 53.1 Å². The number of fused-ring (bicyclic) bond motifs is 1. The highest BCUT2D eigenvalue weighted by atomic mass is 16.5. The van der Waals surface area contributed by atoms with E-state index in [4.69, 9.17) is 4.74 Å². The molecule has 0 radical (unpaired) electrons. The van der Waals surface area contributed by atoms with Gasteiger partial charge < -0.3 is 10.1 Å². The Morgan fingerprint density at radius 3 is 2.57 bits per heavy atom. The van der Waals surface area contributed by atoms with E-state index in [9.17, 15) is 4.79 Å². The number of nitrogens with zero attached hydrogens (tertiary/aromatic N) is 4. The lowest BCUT2D eigenvalue weighted by molar-refractivity contribution is -0.121. The highest BCUT2D eigenvalue weighted by Crippen LogP contribution is 2.19. The normalized spacial score (nSPS) is 12.4. The summed E-state index contributed by atoms with van der Waals surface area (Å²) in [5.74, 6) is 1.42. The van der Waals surface area contributed by atoms with Crippen LogP contribution in [-0.4, -0.2) is 31.6 Å². The van der Waals surface area contributed by atoms with Gasteiger partial charge in [-0.1, -0.05) is 12.1 Å². The first-order valence-corrected chi connectivity index (χ1v) is 9.57. The van der Waals surface area contributed by atoms with E-state index in [0.717, 1.165) is 28.3 Å². The average Bonchev–Trinajstić information content (AvgIpc) is 3.10. The smallest absolute Gasteiger partial charge is 0.252 e. The maximum Gasteiger partial charge on any atom is 0.252 e. The summed E-state index contributed by atoms with van der Waals surface area (Å²) in [5, 5.41) is 7.26. The number of carbonyl (C=O) groups is 1. The Morgan fingerprint density at radius 2 is 1.89 bits per heavy atom. The second-order valence-corrected chi connectivity index (χ2v) is 7.26. The van der Waals surface area contributed by atoms with E-state index in [0.29, 0.717) is 18.6 Å². The molecule has 148 valence electrons.